The molecule has 1 aromatic carbocycles. The van der Waals surface area contributed by atoms with E-state index in [1.54, 1.807) is 30.0 Å². The fraction of sp³-hybridized carbons (Fsp3) is 0.421. The van der Waals surface area contributed by atoms with Crippen molar-refractivity contribution in [1.82, 2.24) is 14.7 Å². The normalized spacial score (nSPS) is 21.0. The average molecular weight is 357 g/mol. The first kappa shape index (κ1) is 16.8. The Bertz CT molecular complexity index is 884. The van der Waals surface area contributed by atoms with Crippen molar-refractivity contribution in [3.05, 3.63) is 47.5 Å². The van der Waals surface area contributed by atoms with Crippen molar-refractivity contribution in [2.75, 3.05) is 13.1 Å². The lowest BCUT2D eigenvalue weighted by molar-refractivity contribution is -0.139. The van der Waals surface area contributed by atoms with E-state index in [-0.39, 0.29) is 17.2 Å². The minimum Gasteiger partial charge on any atom is -0.481 e. The third kappa shape index (κ3) is 2.58. The molecular weight excluding hydrogens is 337 g/mol. The number of aromatic nitrogens is 2. The van der Waals surface area contributed by atoms with Crippen molar-refractivity contribution >= 4 is 11.9 Å². The van der Waals surface area contributed by atoms with Crippen LogP contribution in [0.5, 0.6) is 0 Å². The smallest absolute Gasteiger partial charge is 0.307 e. The zero-order valence-corrected chi connectivity index (χ0v) is 14.5. The van der Waals surface area contributed by atoms with Gasteiger partial charge in [0, 0.05) is 13.1 Å². The van der Waals surface area contributed by atoms with E-state index >= 15 is 0 Å². The lowest BCUT2D eigenvalue weighted by Crippen LogP contribution is -2.40. The summed E-state index contributed by atoms with van der Waals surface area (Å²) < 4.78 is 15.5. The number of benzene rings is 1. The van der Waals surface area contributed by atoms with E-state index in [0.29, 0.717) is 36.5 Å². The van der Waals surface area contributed by atoms with Gasteiger partial charge in [-0.2, -0.15) is 5.10 Å². The first-order chi connectivity index (χ1) is 12.4. The van der Waals surface area contributed by atoms with Gasteiger partial charge in [-0.25, -0.2) is 9.07 Å². The number of carbonyl (C=O) groups is 2. The van der Waals surface area contributed by atoms with Crippen LogP contribution in [-0.2, 0) is 4.79 Å². The minimum absolute atomic E-state index is 0.116. The Morgan fingerprint density at radius 1 is 1.27 bits per heavy atom. The maximum atomic E-state index is 14.0. The summed E-state index contributed by atoms with van der Waals surface area (Å²) in [5, 5.41) is 13.4. The highest BCUT2D eigenvalue weighted by Crippen LogP contribution is 2.59. The number of aliphatic carboxylic acids is 1. The van der Waals surface area contributed by atoms with Crippen LogP contribution in [0.2, 0.25) is 0 Å². The number of para-hydroxylation sites is 1. The molecule has 1 spiro atoms. The largest absolute Gasteiger partial charge is 0.481 e. The lowest BCUT2D eigenvalue weighted by Gasteiger charge is -2.32. The number of rotatable bonds is 3. The Balaban J connectivity index is 1.50. The number of hydrogen-bond donors (Lipinski definition) is 1. The zero-order chi connectivity index (χ0) is 18.5. The zero-order valence-electron chi connectivity index (χ0n) is 14.5. The van der Waals surface area contributed by atoms with Crippen molar-refractivity contribution in [3.8, 4) is 5.69 Å². The van der Waals surface area contributed by atoms with Gasteiger partial charge in [0.1, 0.15) is 11.5 Å². The highest BCUT2D eigenvalue weighted by molar-refractivity contribution is 5.95. The first-order valence-electron chi connectivity index (χ1n) is 8.74. The standard InChI is InChI=1S/C19H20FN3O3/c1-12-13(11-21-23(12)16-5-3-2-4-15(16)20)17(24)22-8-6-19(7-9-22)10-14(19)18(25)26/h2-5,11,14H,6-10H2,1H3,(H,25,26). The summed E-state index contributed by atoms with van der Waals surface area (Å²) in [6.45, 7) is 2.85. The van der Waals surface area contributed by atoms with Gasteiger partial charge in [-0.15, -0.1) is 0 Å². The molecule has 2 heterocycles. The maximum absolute atomic E-state index is 14.0. The summed E-state index contributed by atoms with van der Waals surface area (Å²) in [6.07, 6.45) is 3.63. The van der Waals surface area contributed by atoms with Crippen LogP contribution in [0.15, 0.2) is 30.5 Å². The van der Waals surface area contributed by atoms with E-state index in [4.69, 9.17) is 0 Å². The maximum Gasteiger partial charge on any atom is 0.307 e. The van der Waals surface area contributed by atoms with Gasteiger partial charge in [0.2, 0.25) is 0 Å². The third-order valence-electron chi connectivity index (χ3n) is 5.86. The highest BCUT2D eigenvalue weighted by atomic mass is 19.1. The first-order valence-corrected chi connectivity index (χ1v) is 8.74. The summed E-state index contributed by atoms with van der Waals surface area (Å²) in [6, 6.07) is 6.30. The number of piperidine rings is 1. The van der Waals surface area contributed by atoms with Crippen LogP contribution in [-0.4, -0.2) is 44.8 Å². The van der Waals surface area contributed by atoms with Crippen LogP contribution < -0.4 is 0 Å². The number of halogens is 1. The molecule has 1 saturated heterocycles. The fourth-order valence-electron chi connectivity index (χ4n) is 4.06. The SMILES string of the molecule is Cc1c(C(=O)N2CCC3(CC2)CC3C(=O)O)cnn1-c1ccccc1F. The minimum atomic E-state index is -0.730. The predicted octanol–water partition coefficient (Wildman–Crippen LogP) is 2.65. The van der Waals surface area contributed by atoms with Crippen molar-refractivity contribution in [3.63, 3.8) is 0 Å². The summed E-state index contributed by atoms with van der Waals surface area (Å²) in [5.41, 5.74) is 1.24. The van der Waals surface area contributed by atoms with Crippen molar-refractivity contribution in [2.45, 2.75) is 26.2 Å². The van der Waals surface area contributed by atoms with E-state index in [0.717, 1.165) is 12.8 Å². The number of likely N-dealkylation sites (tertiary alicyclic amines) is 1. The Kier molecular flexibility index (Phi) is 3.82. The molecule has 6 nitrogen and oxygen atoms in total. The lowest BCUT2D eigenvalue weighted by atomic mass is 9.90. The summed E-state index contributed by atoms with van der Waals surface area (Å²) in [5.74, 6) is -1.52. The molecule has 0 radical (unpaired) electrons. The van der Waals surface area contributed by atoms with Gasteiger partial charge >= 0.3 is 5.97 Å². The number of carboxylic acid groups (broad SMARTS) is 1. The molecule has 1 aliphatic carbocycles. The van der Waals surface area contributed by atoms with E-state index in [1.165, 1.54) is 16.9 Å². The Hall–Kier alpha value is -2.70. The second kappa shape index (κ2) is 5.93. The van der Waals surface area contributed by atoms with Crippen LogP contribution in [0.3, 0.4) is 0 Å². The molecule has 4 rings (SSSR count). The molecule has 136 valence electrons. The molecule has 0 bridgehead atoms. The van der Waals surface area contributed by atoms with Crippen LogP contribution in [0.1, 0.15) is 35.3 Å². The Morgan fingerprint density at radius 2 is 1.96 bits per heavy atom. The van der Waals surface area contributed by atoms with E-state index in [1.807, 2.05) is 0 Å². The highest BCUT2D eigenvalue weighted by Gasteiger charge is 2.59. The second-order valence-corrected chi connectivity index (χ2v) is 7.26. The van der Waals surface area contributed by atoms with Gasteiger partial charge in [-0.05, 0) is 43.7 Å². The predicted molar refractivity (Wildman–Crippen MR) is 91.6 cm³/mol. The van der Waals surface area contributed by atoms with Gasteiger partial charge < -0.3 is 10.0 Å². The Labute approximate surface area is 150 Å². The third-order valence-corrected chi connectivity index (χ3v) is 5.86. The molecule has 1 aromatic heterocycles. The second-order valence-electron chi connectivity index (χ2n) is 7.26. The molecular formula is C19H20FN3O3. The fourth-order valence-corrected chi connectivity index (χ4v) is 4.06. The van der Waals surface area contributed by atoms with Gasteiger partial charge in [-0.3, -0.25) is 9.59 Å². The number of nitrogens with zero attached hydrogens (tertiary/aromatic N) is 3. The van der Waals surface area contributed by atoms with Gasteiger partial charge in [-0.1, -0.05) is 12.1 Å². The molecule has 7 heteroatoms. The van der Waals surface area contributed by atoms with E-state index in [2.05, 4.69) is 5.10 Å². The molecule has 1 N–H and O–H groups in total. The Morgan fingerprint density at radius 3 is 2.58 bits per heavy atom. The summed E-state index contributed by atoms with van der Waals surface area (Å²) >= 11 is 0. The topological polar surface area (TPSA) is 75.4 Å². The van der Waals surface area contributed by atoms with Crippen LogP contribution in [0.4, 0.5) is 4.39 Å². The van der Waals surface area contributed by atoms with Gasteiger partial charge in [0.05, 0.1) is 23.4 Å². The number of hydrogen-bond acceptors (Lipinski definition) is 3. The van der Waals surface area contributed by atoms with Gasteiger partial charge in [0.15, 0.2) is 0 Å². The quantitative estimate of drug-likeness (QED) is 0.916. The molecule has 26 heavy (non-hydrogen) atoms. The number of carbonyl (C=O) groups excluding carboxylic acids is 1. The molecule has 1 atom stereocenters. The molecule has 1 saturated carbocycles. The molecule has 2 aromatic rings. The summed E-state index contributed by atoms with van der Waals surface area (Å²) in [7, 11) is 0. The number of carboxylic acids is 1. The average Bonchev–Trinajstić information content (AvgIpc) is 3.20. The van der Waals surface area contributed by atoms with Crippen LogP contribution in [0.25, 0.3) is 5.69 Å². The van der Waals surface area contributed by atoms with Crippen LogP contribution in [0, 0.1) is 24.1 Å². The van der Waals surface area contributed by atoms with Crippen molar-refractivity contribution in [1.29, 1.82) is 0 Å². The molecule has 2 aliphatic rings. The van der Waals surface area contributed by atoms with Crippen molar-refractivity contribution in [2.24, 2.45) is 11.3 Å². The van der Waals surface area contributed by atoms with Crippen LogP contribution >= 0.6 is 0 Å². The molecule has 1 unspecified atom stereocenters. The molecule has 1 amide bonds. The monoisotopic (exact) mass is 357 g/mol. The van der Waals surface area contributed by atoms with Gasteiger partial charge in [0.25, 0.3) is 5.91 Å². The van der Waals surface area contributed by atoms with Crippen molar-refractivity contribution < 1.29 is 19.1 Å². The van der Waals surface area contributed by atoms with E-state index in [9.17, 15) is 19.1 Å². The number of amides is 1. The molecule has 2 fully saturated rings. The summed E-state index contributed by atoms with van der Waals surface area (Å²) in [4.78, 5) is 25.8. The molecule has 1 aliphatic heterocycles. The van der Waals surface area contributed by atoms with E-state index < -0.39 is 11.8 Å².